The van der Waals surface area contributed by atoms with Crippen LogP contribution < -0.4 is 0 Å². The Kier molecular flexibility index (Phi) is 14.5. The molecular weight excluding hydrogens is 939 g/mol. The number of halogens is 2. The number of ether oxygens (including phenoxy) is 9. The summed E-state index contributed by atoms with van der Waals surface area (Å²) in [6.07, 6.45) is -10.6. The molecule has 392 valence electrons. The van der Waals surface area contributed by atoms with E-state index in [9.17, 15) is 44.9 Å². The van der Waals surface area contributed by atoms with Crippen molar-refractivity contribution in [2.24, 2.45) is 46.3 Å². The number of aliphatic hydroxyl groups excluding tert-OH is 7. The van der Waals surface area contributed by atoms with Crippen LogP contribution in [0.1, 0.15) is 103 Å². The molecule has 7 N–H and O–H groups in total. The Balaban J connectivity index is 0.830. The van der Waals surface area contributed by atoms with Crippen LogP contribution in [0.15, 0.2) is 29.8 Å². The van der Waals surface area contributed by atoms with Crippen molar-refractivity contribution in [1.82, 2.24) is 0 Å². The van der Waals surface area contributed by atoms with Crippen LogP contribution >= 0.6 is 11.6 Å². The molecule has 25 atom stereocenters. The van der Waals surface area contributed by atoms with Gasteiger partial charge in [0.1, 0.15) is 73.5 Å². The van der Waals surface area contributed by atoms with E-state index in [4.69, 9.17) is 54.2 Å². The maximum absolute atomic E-state index is 13.6. The molecular formula is C51H72ClFO17. The predicted molar refractivity (Wildman–Crippen MR) is 243 cm³/mol. The molecule has 1 aromatic rings. The Labute approximate surface area is 412 Å². The molecule has 0 aromatic heterocycles. The number of aliphatic hydroxyl groups is 7. The van der Waals surface area contributed by atoms with Crippen LogP contribution in [0.2, 0.25) is 5.02 Å². The summed E-state index contributed by atoms with van der Waals surface area (Å²) in [5, 5.41) is 76.8. The Morgan fingerprint density at radius 1 is 0.814 bits per heavy atom. The van der Waals surface area contributed by atoms with Gasteiger partial charge in [-0.2, -0.15) is 0 Å². The van der Waals surface area contributed by atoms with Crippen molar-refractivity contribution >= 4 is 17.6 Å². The predicted octanol–water partition coefficient (Wildman–Crippen LogP) is 3.51. The Hall–Kier alpha value is -1.95. The van der Waals surface area contributed by atoms with E-state index in [1.165, 1.54) is 12.5 Å². The molecule has 0 radical (unpaired) electrons. The molecule has 19 heteroatoms. The van der Waals surface area contributed by atoms with Gasteiger partial charge in [-0.05, 0) is 117 Å². The van der Waals surface area contributed by atoms with E-state index in [1.807, 2.05) is 0 Å². The van der Waals surface area contributed by atoms with Gasteiger partial charge in [-0.1, -0.05) is 50.9 Å². The summed E-state index contributed by atoms with van der Waals surface area (Å²) >= 11 is 6.01. The fourth-order valence-electron chi connectivity index (χ4n) is 14.7. The van der Waals surface area contributed by atoms with Crippen molar-refractivity contribution in [3.63, 3.8) is 0 Å². The summed E-state index contributed by atoms with van der Waals surface area (Å²) in [6.45, 7) is 10.5. The van der Waals surface area contributed by atoms with Crippen molar-refractivity contribution in [3.8, 4) is 0 Å². The van der Waals surface area contributed by atoms with Gasteiger partial charge in [-0.25, -0.2) is 9.18 Å². The van der Waals surface area contributed by atoms with Crippen molar-refractivity contribution in [2.75, 3.05) is 19.8 Å². The van der Waals surface area contributed by atoms with Crippen molar-refractivity contribution in [3.05, 3.63) is 46.3 Å². The van der Waals surface area contributed by atoms with E-state index in [0.717, 1.165) is 69.8 Å². The van der Waals surface area contributed by atoms with Gasteiger partial charge in [0.2, 0.25) is 0 Å². The highest BCUT2D eigenvalue weighted by molar-refractivity contribution is 6.33. The molecule has 0 amide bonds. The number of hydrogen-bond acceptors (Lipinski definition) is 17. The Morgan fingerprint density at radius 2 is 1.54 bits per heavy atom. The summed E-state index contributed by atoms with van der Waals surface area (Å²) in [7, 11) is 0. The van der Waals surface area contributed by atoms with E-state index in [-0.39, 0.29) is 27.5 Å². The van der Waals surface area contributed by atoms with Gasteiger partial charge < -0.3 is 78.4 Å². The van der Waals surface area contributed by atoms with Gasteiger partial charge in [-0.15, -0.1) is 0 Å². The second kappa shape index (κ2) is 19.6. The minimum atomic E-state index is -1.76. The van der Waals surface area contributed by atoms with Crippen molar-refractivity contribution in [2.45, 2.75) is 196 Å². The van der Waals surface area contributed by atoms with Crippen LogP contribution in [0, 0.1) is 52.2 Å². The molecule has 5 saturated heterocycles. The third-order valence-electron chi connectivity index (χ3n) is 18.7. The van der Waals surface area contributed by atoms with E-state index >= 15 is 0 Å². The lowest BCUT2D eigenvalue weighted by atomic mass is 9.47. The first-order chi connectivity index (χ1) is 33.3. The molecule has 70 heavy (non-hydrogen) atoms. The maximum atomic E-state index is 13.6. The topological polar surface area (TPSA) is 242 Å². The lowest BCUT2D eigenvalue weighted by Crippen LogP contribution is -2.65. The number of carbonyl (C=O) groups is 1. The van der Waals surface area contributed by atoms with E-state index < -0.39 is 123 Å². The average molecular weight is 1010 g/mol. The molecule has 7 unspecified atom stereocenters. The standard InChI is InChI=1S/C51H72ClFO17/c1-22-10-15-51(63-20-22)23(2)36-33(70-51)18-31-28-8-6-25-16-27(11-13-49(25,4)30(28)12-14-50(31,36)5)65-48-44(69-46-41(59)39(57)37(55)24(3)64-46)42(60)43(34(19-54)66-48)68-47-40(58)38(56)35(67-47)21-62-45(61)29-9-7-26(53)17-32(29)52/h6-7,9,17,22-24,27-28,30-31,33-44,46-48,54-60H,8,10-16,18-21H2,1-5H3/t22-,23+,24+,27+,28?,30?,31?,33?,34-,35+,36?,37+,38+,39-,40-,41-,42+,43-,44-,46?,47?,48-,49+,50+,51-/m1/s1. The van der Waals surface area contributed by atoms with Gasteiger partial charge in [0.05, 0.1) is 42.1 Å². The molecule has 9 aliphatic rings. The molecule has 8 fully saturated rings. The van der Waals surface area contributed by atoms with E-state index in [1.54, 1.807) is 0 Å². The Morgan fingerprint density at radius 3 is 2.27 bits per heavy atom. The average Bonchev–Trinajstić information content (AvgIpc) is 3.89. The summed E-state index contributed by atoms with van der Waals surface area (Å²) in [6, 6.07) is 3.11. The van der Waals surface area contributed by atoms with Gasteiger partial charge in [0.25, 0.3) is 0 Å². The summed E-state index contributed by atoms with van der Waals surface area (Å²) in [4.78, 5) is 12.7. The van der Waals surface area contributed by atoms with Gasteiger partial charge >= 0.3 is 5.97 Å². The van der Waals surface area contributed by atoms with E-state index in [0.29, 0.717) is 48.3 Å². The fraction of sp³-hybridized carbons (Fsp3) is 0.824. The first-order valence-corrected chi connectivity index (χ1v) is 25.9. The van der Waals surface area contributed by atoms with Crippen LogP contribution in [-0.4, -0.2) is 166 Å². The number of hydrogen-bond donors (Lipinski definition) is 7. The highest BCUT2D eigenvalue weighted by atomic mass is 35.5. The third kappa shape index (κ3) is 8.82. The highest BCUT2D eigenvalue weighted by Gasteiger charge is 2.69. The summed E-state index contributed by atoms with van der Waals surface area (Å²) in [5.41, 5.74) is 1.29. The van der Waals surface area contributed by atoms with Gasteiger partial charge in [0, 0.05) is 12.3 Å². The van der Waals surface area contributed by atoms with Gasteiger partial charge in [0.15, 0.2) is 24.7 Å². The second-order valence-electron chi connectivity index (χ2n) is 22.6. The largest absolute Gasteiger partial charge is 0.459 e. The molecule has 0 bridgehead atoms. The molecule has 3 saturated carbocycles. The number of carbonyl (C=O) groups excluding carboxylic acids is 1. The summed E-state index contributed by atoms with van der Waals surface area (Å²) in [5.74, 6) is 0.854. The molecule has 5 aliphatic heterocycles. The quantitative estimate of drug-likeness (QED) is 0.131. The minimum Gasteiger partial charge on any atom is -0.459 e. The fourth-order valence-corrected chi connectivity index (χ4v) is 15.0. The smallest absolute Gasteiger partial charge is 0.339 e. The Bertz CT molecular complexity index is 2090. The molecule has 1 aromatic carbocycles. The number of benzene rings is 1. The lowest BCUT2D eigenvalue weighted by Gasteiger charge is -2.58. The van der Waals surface area contributed by atoms with Crippen LogP contribution in [0.4, 0.5) is 4.39 Å². The minimum absolute atomic E-state index is 0.0580. The zero-order chi connectivity index (χ0) is 49.8. The van der Waals surface area contributed by atoms with Crippen molar-refractivity contribution < 1.29 is 87.6 Å². The van der Waals surface area contributed by atoms with Crippen LogP contribution in [0.3, 0.4) is 0 Å². The molecule has 4 aliphatic carbocycles. The first kappa shape index (κ1) is 51.5. The second-order valence-corrected chi connectivity index (χ2v) is 23.0. The number of allylic oxidation sites excluding steroid dienone is 1. The van der Waals surface area contributed by atoms with E-state index in [2.05, 4.69) is 33.8 Å². The number of esters is 1. The molecule has 1 spiro atoms. The highest BCUT2D eigenvalue weighted by Crippen LogP contribution is 2.70. The summed E-state index contributed by atoms with van der Waals surface area (Å²) < 4.78 is 69.3. The maximum Gasteiger partial charge on any atom is 0.339 e. The van der Waals surface area contributed by atoms with Crippen molar-refractivity contribution in [1.29, 1.82) is 0 Å². The molecule has 17 nitrogen and oxygen atoms in total. The zero-order valence-corrected chi connectivity index (χ0v) is 41.2. The SMILES string of the molecule is C[C@@H]1CC[C@@]2(OC1)OC1CC3C4CC=C5C[C@@H](O[C@@H]6O[C@H](CO)[C@@H](OC7O[C@@H](COC(=O)c8ccc(F)cc8Cl)[C@H](O)[C@H]7O)[C@H](O)[C@H]6OC6O[C@@H](C)[C@H](O)[C@@H](O)[C@H]6O)CC[C@]5(C)C4CC[C@]3(C)C1[C@@H]2C. The molecule has 10 rings (SSSR count). The number of fused-ring (bicyclic) bond motifs is 7. The van der Waals surface area contributed by atoms with Crippen LogP contribution in [0.5, 0.6) is 0 Å². The normalized spacial score (nSPS) is 51.0. The molecule has 5 heterocycles. The van der Waals surface area contributed by atoms with Crippen LogP contribution in [0.25, 0.3) is 0 Å². The van der Waals surface area contributed by atoms with Crippen LogP contribution in [-0.2, 0) is 42.6 Å². The monoisotopic (exact) mass is 1010 g/mol. The third-order valence-corrected chi connectivity index (χ3v) is 19.0. The lowest BCUT2D eigenvalue weighted by molar-refractivity contribution is -0.380. The van der Waals surface area contributed by atoms with Gasteiger partial charge in [-0.3, -0.25) is 0 Å². The zero-order valence-electron chi connectivity index (χ0n) is 40.5. The first-order valence-electron chi connectivity index (χ1n) is 25.5. The number of rotatable bonds is 10.